The van der Waals surface area contributed by atoms with Crippen molar-refractivity contribution in [2.45, 2.75) is 0 Å². The summed E-state index contributed by atoms with van der Waals surface area (Å²) in [4.78, 5) is 9.60. The van der Waals surface area contributed by atoms with Crippen molar-refractivity contribution < 1.29 is 0 Å². The standard InChI is InChI=1S/C46H29N3/c1-2-11-33-28-34(25-20-30(33)10-1)46-38-15-5-3-13-36(38)45(37-14-4-6-16-39(37)46)32-23-21-31(22-24-32)41-17-9-19-44(48-41)49-42-18-8-7-12-35(42)40-29-47-27-26-43(40)49/h1-29H. The number of hydrogen-bond acceptors (Lipinski definition) is 2. The van der Waals surface area contributed by atoms with Crippen molar-refractivity contribution in [3.8, 4) is 39.3 Å². The van der Waals surface area contributed by atoms with Crippen LogP contribution in [0.25, 0.3) is 93.5 Å². The van der Waals surface area contributed by atoms with Crippen LogP contribution in [0.2, 0.25) is 0 Å². The Kier molecular flexibility index (Phi) is 6.18. The van der Waals surface area contributed by atoms with Crippen LogP contribution in [0.3, 0.4) is 0 Å². The second-order valence-corrected chi connectivity index (χ2v) is 12.6. The molecule has 0 bridgehead atoms. The van der Waals surface area contributed by atoms with Gasteiger partial charge in [0.05, 0.1) is 16.7 Å². The summed E-state index contributed by atoms with van der Waals surface area (Å²) in [5, 5.41) is 9.81. The van der Waals surface area contributed by atoms with E-state index in [2.05, 4.69) is 173 Å². The third kappa shape index (κ3) is 4.37. The summed E-state index contributed by atoms with van der Waals surface area (Å²) < 4.78 is 2.24. The van der Waals surface area contributed by atoms with Gasteiger partial charge in [-0.05, 0) is 84.9 Å². The molecule has 3 heterocycles. The van der Waals surface area contributed by atoms with E-state index in [0.29, 0.717) is 0 Å². The molecule has 228 valence electrons. The van der Waals surface area contributed by atoms with Crippen molar-refractivity contribution in [1.82, 2.24) is 14.5 Å². The first-order valence-electron chi connectivity index (χ1n) is 16.7. The highest BCUT2D eigenvalue weighted by Crippen LogP contribution is 2.44. The minimum atomic E-state index is 0.889. The molecule has 0 unspecified atom stereocenters. The fourth-order valence-corrected chi connectivity index (χ4v) is 7.67. The number of para-hydroxylation sites is 1. The van der Waals surface area contributed by atoms with Crippen LogP contribution in [0.1, 0.15) is 0 Å². The van der Waals surface area contributed by atoms with Crippen molar-refractivity contribution in [1.29, 1.82) is 0 Å². The molecule has 0 aliphatic carbocycles. The van der Waals surface area contributed by atoms with E-state index in [-0.39, 0.29) is 0 Å². The highest BCUT2D eigenvalue weighted by molar-refractivity contribution is 6.21. The van der Waals surface area contributed by atoms with Crippen LogP contribution in [0, 0.1) is 0 Å². The Morgan fingerprint density at radius 1 is 0.388 bits per heavy atom. The van der Waals surface area contributed by atoms with Gasteiger partial charge in [-0.25, -0.2) is 4.98 Å². The monoisotopic (exact) mass is 623 g/mol. The Bertz CT molecular complexity index is 2770. The van der Waals surface area contributed by atoms with Crippen LogP contribution >= 0.6 is 0 Å². The predicted molar refractivity (Wildman–Crippen MR) is 205 cm³/mol. The normalized spacial score (nSPS) is 11.7. The number of rotatable bonds is 4. The van der Waals surface area contributed by atoms with E-state index >= 15 is 0 Å². The zero-order valence-electron chi connectivity index (χ0n) is 26.6. The molecular formula is C46H29N3. The number of benzene rings is 7. The molecule has 3 aromatic heterocycles. The molecule has 0 amide bonds. The zero-order chi connectivity index (χ0) is 32.3. The highest BCUT2D eigenvalue weighted by atomic mass is 15.1. The minimum Gasteiger partial charge on any atom is -0.294 e. The van der Waals surface area contributed by atoms with Crippen molar-refractivity contribution >= 4 is 54.1 Å². The van der Waals surface area contributed by atoms with Crippen molar-refractivity contribution in [3.63, 3.8) is 0 Å². The molecule has 0 radical (unpaired) electrons. The van der Waals surface area contributed by atoms with Gasteiger partial charge in [-0.15, -0.1) is 0 Å². The van der Waals surface area contributed by atoms with Gasteiger partial charge in [-0.3, -0.25) is 9.55 Å². The zero-order valence-corrected chi connectivity index (χ0v) is 26.6. The molecule has 0 spiro atoms. The second kappa shape index (κ2) is 11.0. The molecule has 3 heteroatoms. The smallest absolute Gasteiger partial charge is 0.138 e. The van der Waals surface area contributed by atoms with Crippen LogP contribution in [-0.4, -0.2) is 14.5 Å². The number of fused-ring (bicyclic) bond motifs is 6. The Morgan fingerprint density at radius 3 is 1.69 bits per heavy atom. The molecular weight excluding hydrogens is 595 g/mol. The Hall–Kier alpha value is -6.58. The summed E-state index contributed by atoms with van der Waals surface area (Å²) in [5.41, 5.74) is 9.19. The lowest BCUT2D eigenvalue weighted by Crippen LogP contribution is -1.98. The average molecular weight is 624 g/mol. The average Bonchev–Trinajstić information content (AvgIpc) is 3.51. The van der Waals surface area contributed by atoms with Gasteiger partial charge in [0.15, 0.2) is 0 Å². The summed E-state index contributed by atoms with van der Waals surface area (Å²) in [6.45, 7) is 0. The van der Waals surface area contributed by atoms with Gasteiger partial charge in [-0.2, -0.15) is 0 Å². The first-order chi connectivity index (χ1) is 24.3. The lowest BCUT2D eigenvalue weighted by atomic mass is 9.85. The molecule has 49 heavy (non-hydrogen) atoms. The summed E-state index contributed by atoms with van der Waals surface area (Å²) in [6.07, 6.45) is 3.79. The van der Waals surface area contributed by atoms with Crippen LogP contribution in [-0.2, 0) is 0 Å². The third-order valence-corrected chi connectivity index (χ3v) is 9.88. The van der Waals surface area contributed by atoms with E-state index in [1.54, 1.807) is 0 Å². The molecule has 0 aliphatic heterocycles. The molecule has 10 aromatic rings. The maximum absolute atomic E-state index is 5.20. The molecule has 10 rings (SSSR count). The molecule has 0 atom stereocenters. The van der Waals surface area contributed by atoms with Gasteiger partial charge in [0.25, 0.3) is 0 Å². The summed E-state index contributed by atoms with van der Waals surface area (Å²) in [7, 11) is 0. The molecule has 3 nitrogen and oxygen atoms in total. The first kappa shape index (κ1) is 27.5. The van der Waals surface area contributed by atoms with Gasteiger partial charge in [0.1, 0.15) is 5.82 Å². The minimum absolute atomic E-state index is 0.889. The fraction of sp³-hybridized carbons (Fsp3) is 0. The Morgan fingerprint density at radius 2 is 0.959 bits per heavy atom. The van der Waals surface area contributed by atoms with Crippen LogP contribution in [0.4, 0.5) is 0 Å². The van der Waals surface area contributed by atoms with Crippen molar-refractivity contribution in [3.05, 3.63) is 176 Å². The van der Waals surface area contributed by atoms with Crippen LogP contribution in [0.5, 0.6) is 0 Å². The molecule has 0 fully saturated rings. The maximum Gasteiger partial charge on any atom is 0.138 e. The highest BCUT2D eigenvalue weighted by Gasteiger charge is 2.17. The summed E-state index contributed by atoms with van der Waals surface area (Å²) in [6, 6.07) is 58.8. The van der Waals surface area contributed by atoms with E-state index in [4.69, 9.17) is 4.98 Å². The number of pyridine rings is 2. The van der Waals surface area contributed by atoms with E-state index in [9.17, 15) is 0 Å². The fourth-order valence-electron chi connectivity index (χ4n) is 7.67. The topological polar surface area (TPSA) is 30.7 Å². The van der Waals surface area contributed by atoms with Crippen LogP contribution < -0.4 is 0 Å². The van der Waals surface area contributed by atoms with E-state index in [0.717, 1.165) is 33.5 Å². The Balaban J connectivity index is 1.11. The molecule has 0 saturated heterocycles. The summed E-state index contributed by atoms with van der Waals surface area (Å²) in [5.74, 6) is 0.889. The lowest BCUT2D eigenvalue weighted by Gasteiger charge is -2.18. The maximum atomic E-state index is 5.20. The molecule has 7 aromatic carbocycles. The van der Waals surface area contributed by atoms with Gasteiger partial charge >= 0.3 is 0 Å². The Labute approximate surface area is 283 Å². The van der Waals surface area contributed by atoms with Gasteiger partial charge in [0.2, 0.25) is 0 Å². The SMILES string of the molecule is c1cc(-c2ccc(-c3c4ccccc4c(-c4ccc5ccccc5c4)c4ccccc34)cc2)nc(-n2c3ccccc3c3cnccc32)c1. The van der Waals surface area contributed by atoms with Crippen molar-refractivity contribution in [2.75, 3.05) is 0 Å². The predicted octanol–water partition coefficient (Wildman–Crippen LogP) is 12.0. The van der Waals surface area contributed by atoms with E-state index in [1.165, 1.54) is 60.0 Å². The quantitative estimate of drug-likeness (QED) is 0.183. The third-order valence-electron chi connectivity index (χ3n) is 9.88. The molecule has 0 aliphatic rings. The number of nitrogens with zero attached hydrogens (tertiary/aromatic N) is 3. The van der Waals surface area contributed by atoms with Gasteiger partial charge in [0, 0.05) is 28.7 Å². The van der Waals surface area contributed by atoms with Gasteiger partial charge in [-0.1, -0.05) is 133 Å². The van der Waals surface area contributed by atoms with Crippen LogP contribution in [0.15, 0.2) is 176 Å². The van der Waals surface area contributed by atoms with E-state index < -0.39 is 0 Å². The lowest BCUT2D eigenvalue weighted by molar-refractivity contribution is 1.08. The molecule has 0 N–H and O–H groups in total. The van der Waals surface area contributed by atoms with E-state index in [1.807, 2.05) is 12.4 Å². The number of aromatic nitrogens is 3. The first-order valence-corrected chi connectivity index (χ1v) is 16.7. The second-order valence-electron chi connectivity index (χ2n) is 12.6. The van der Waals surface area contributed by atoms with Gasteiger partial charge < -0.3 is 0 Å². The van der Waals surface area contributed by atoms with Crippen molar-refractivity contribution in [2.24, 2.45) is 0 Å². The number of hydrogen-bond donors (Lipinski definition) is 0. The summed E-state index contributed by atoms with van der Waals surface area (Å²) >= 11 is 0. The largest absolute Gasteiger partial charge is 0.294 e. The molecule has 0 saturated carbocycles.